The number of carbonyl (C=O) groups excluding carboxylic acids is 6. The molecule has 0 spiro atoms. The van der Waals surface area contributed by atoms with E-state index in [2.05, 4.69) is 31.9 Å². The third-order valence-corrected chi connectivity index (χ3v) is 14.8. The van der Waals surface area contributed by atoms with Crippen LogP contribution in [-0.2, 0) is 71.4 Å². The minimum absolute atomic E-state index is 0.0515. The highest BCUT2D eigenvalue weighted by molar-refractivity contribution is 5.78. The van der Waals surface area contributed by atoms with Gasteiger partial charge in [0, 0.05) is 115 Å². The fourth-order valence-electron chi connectivity index (χ4n) is 9.10. The Morgan fingerprint density at radius 1 is 0.489 bits per heavy atom. The Bertz CT molecular complexity index is 1860. The Hall–Kier alpha value is -3.94. The maximum Gasteiger partial charge on any atom is 0.222 e. The molecule has 31 heteroatoms. The van der Waals surface area contributed by atoms with Crippen molar-refractivity contribution in [1.82, 2.24) is 31.9 Å². The van der Waals surface area contributed by atoms with E-state index in [0.29, 0.717) is 97.1 Å². The molecule has 2 rings (SSSR count). The van der Waals surface area contributed by atoms with E-state index in [4.69, 9.17) is 48.4 Å². The second-order valence-electron chi connectivity index (χ2n) is 23.4. The topological polar surface area (TPSA) is 466 Å². The number of aliphatic hydroxyl groups excluding tert-OH is 9. The summed E-state index contributed by atoms with van der Waals surface area (Å²) in [5.41, 5.74) is 5.13. The molecule has 90 heavy (non-hydrogen) atoms. The van der Waals surface area contributed by atoms with Gasteiger partial charge in [0.15, 0.2) is 18.9 Å². The van der Waals surface area contributed by atoms with Crippen LogP contribution in [0.4, 0.5) is 0 Å². The number of carbonyl (C=O) groups is 6. The molecule has 2 fully saturated rings. The fraction of sp³-hybridized carbons (Fsp3) is 0.898. The number of amides is 6. The Morgan fingerprint density at radius 3 is 1.23 bits per heavy atom. The van der Waals surface area contributed by atoms with Crippen molar-refractivity contribution in [2.24, 2.45) is 23.0 Å². The lowest BCUT2D eigenvalue weighted by molar-refractivity contribution is -0.282. The monoisotopic (exact) mass is 1300 g/mol. The molecule has 2 aliphatic rings. The zero-order valence-electron chi connectivity index (χ0n) is 53.4. The summed E-state index contributed by atoms with van der Waals surface area (Å²) in [5.74, 6) is -1.83. The van der Waals surface area contributed by atoms with Gasteiger partial charge in [-0.1, -0.05) is 27.7 Å². The van der Waals surface area contributed by atoms with E-state index in [0.717, 1.165) is 0 Å². The number of hydrogen-bond donors (Lipinski definition) is 16. The normalized spacial score (nSPS) is 23.5. The van der Waals surface area contributed by atoms with Crippen LogP contribution in [0.15, 0.2) is 0 Å². The first-order chi connectivity index (χ1) is 43.1. The molecular formula is C59H111N7O24. The first-order valence-electron chi connectivity index (χ1n) is 31.8. The average molecular weight is 1300 g/mol. The predicted octanol–water partition coefficient (Wildman–Crippen LogP) is -3.80. The number of unbranched alkanes of at least 4 members (excludes halogenated alkanes) is 3. The summed E-state index contributed by atoms with van der Waals surface area (Å²) in [6.07, 6.45) is -6.14. The predicted molar refractivity (Wildman–Crippen MR) is 322 cm³/mol. The molecule has 2 aliphatic heterocycles. The van der Waals surface area contributed by atoms with E-state index in [1.807, 2.05) is 20.8 Å². The first-order valence-corrected chi connectivity index (χ1v) is 31.8. The van der Waals surface area contributed by atoms with Crippen LogP contribution >= 0.6 is 0 Å². The number of nitrogens with two attached hydrogens (primary N) is 1. The van der Waals surface area contributed by atoms with E-state index in [1.165, 1.54) is 0 Å². The van der Waals surface area contributed by atoms with Crippen LogP contribution in [0.5, 0.6) is 0 Å². The smallest absolute Gasteiger partial charge is 0.222 e. The number of nitrogens with one attached hydrogen (secondary N) is 6. The minimum atomic E-state index is -1.34. The Balaban J connectivity index is 1.69. The van der Waals surface area contributed by atoms with Gasteiger partial charge in [-0.25, -0.2) is 0 Å². The molecule has 2 heterocycles. The van der Waals surface area contributed by atoms with Gasteiger partial charge in [0.2, 0.25) is 35.4 Å². The van der Waals surface area contributed by atoms with Crippen molar-refractivity contribution in [2.75, 3.05) is 125 Å². The van der Waals surface area contributed by atoms with Crippen LogP contribution in [0, 0.1) is 17.3 Å². The number of rotatable bonds is 53. The third-order valence-electron chi connectivity index (χ3n) is 14.8. The second kappa shape index (κ2) is 48.7. The second-order valence-corrected chi connectivity index (χ2v) is 23.4. The summed E-state index contributed by atoms with van der Waals surface area (Å²) in [7, 11) is 0. The van der Waals surface area contributed by atoms with Crippen molar-refractivity contribution in [3.63, 3.8) is 0 Å². The lowest BCUT2D eigenvalue weighted by Crippen LogP contribution is -2.62. The molecule has 0 radical (unpaired) electrons. The summed E-state index contributed by atoms with van der Waals surface area (Å²) < 4.78 is 51.4. The van der Waals surface area contributed by atoms with Gasteiger partial charge >= 0.3 is 0 Å². The van der Waals surface area contributed by atoms with E-state index in [-0.39, 0.29) is 139 Å². The molecule has 31 nitrogen and oxygen atoms in total. The summed E-state index contributed by atoms with van der Waals surface area (Å²) >= 11 is 0. The van der Waals surface area contributed by atoms with E-state index in [9.17, 15) is 74.7 Å². The van der Waals surface area contributed by atoms with Crippen LogP contribution in [0.25, 0.3) is 0 Å². The van der Waals surface area contributed by atoms with E-state index in [1.54, 1.807) is 6.92 Å². The zero-order chi connectivity index (χ0) is 66.7. The summed E-state index contributed by atoms with van der Waals surface area (Å²) in [6, 6.07) is -1.00. The molecule has 6 amide bonds. The molecule has 2 saturated heterocycles. The highest BCUT2D eigenvalue weighted by Crippen LogP contribution is 2.27. The van der Waals surface area contributed by atoms with Crippen LogP contribution < -0.4 is 37.6 Å². The lowest BCUT2D eigenvalue weighted by atomic mass is 9.92. The molecule has 6 unspecified atom stereocenters. The number of ether oxygens (including phenoxy) is 9. The number of aliphatic hydroxyl groups is 9. The Morgan fingerprint density at radius 2 is 0.856 bits per heavy atom. The Labute approximate surface area is 529 Å². The molecule has 17 N–H and O–H groups in total. The van der Waals surface area contributed by atoms with E-state index < -0.39 is 112 Å². The van der Waals surface area contributed by atoms with Crippen LogP contribution in [0.3, 0.4) is 0 Å². The van der Waals surface area contributed by atoms with Gasteiger partial charge in [-0.2, -0.15) is 0 Å². The SMILES string of the molecule is CC(C)[C@H](OCCCCC(=O)NCCCNC(=O)CCOCC(C)(COCCC(=O)NCCCNC(=O)CCCCO[C@@H]1OC(CO)[C@H](O)C(O)[C@@H]1C)COCCC(=O)NCCCNC(=O)CCCCO[C@@H]1OC(CO)[C@H](O)C(O)[C@@H]1N)OC(CO)[C@H](O)CO. The molecule has 0 aromatic rings. The highest BCUT2D eigenvalue weighted by Gasteiger charge is 2.44. The molecule has 0 aromatic heterocycles. The van der Waals surface area contributed by atoms with Crippen LogP contribution in [0.2, 0.25) is 0 Å². The minimum Gasteiger partial charge on any atom is -0.394 e. The summed E-state index contributed by atoms with van der Waals surface area (Å²) in [5, 5.41) is 104. The van der Waals surface area contributed by atoms with Crippen LogP contribution in [0.1, 0.15) is 124 Å². The zero-order valence-corrected chi connectivity index (χ0v) is 53.4. The van der Waals surface area contributed by atoms with Gasteiger partial charge in [0.1, 0.15) is 42.7 Å². The quantitative estimate of drug-likeness (QED) is 0.0205. The largest absolute Gasteiger partial charge is 0.394 e. The van der Waals surface area contributed by atoms with Crippen molar-refractivity contribution >= 4 is 35.4 Å². The van der Waals surface area contributed by atoms with Crippen molar-refractivity contribution in [2.45, 2.75) is 198 Å². The molecule has 14 atom stereocenters. The van der Waals surface area contributed by atoms with Gasteiger partial charge in [0.25, 0.3) is 0 Å². The molecule has 0 bridgehead atoms. The van der Waals surface area contributed by atoms with Gasteiger partial charge in [-0.15, -0.1) is 0 Å². The van der Waals surface area contributed by atoms with Gasteiger partial charge in [0.05, 0.1) is 78.2 Å². The van der Waals surface area contributed by atoms with E-state index >= 15 is 0 Å². The van der Waals surface area contributed by atoms with Gasteiger partial charge in [-0.05, 0) is 57.8 Å². The first kappa shape index (κ1) is 82.2. The van der Waals surface area contributed by atoms with Gasteiger partial charge < -0.3 is 126 Å². The molecule has 0 aromatic carbocycles. The maximum atomic E-state index is 12.6. The average Bonchev–Trinajstić information content (AvgIpc) is 1.03. The third kappa shape index (κ3) is 35.4. The van der Waals surface area contributed by atoms with Crippen LogP contribution in [-0.4, -0.2) is 280 Å². The lowest BCUT2D eigenvalue weighted by Gasteiger charge is -2.40. The molecule has 526 valence electrons. The van der Waals surface area contributed by atoms with Crippen molar-refractivity contribution in [1.29, 1.82) is 0 Å². The molecule has 0 saturated carbocycles. The molecule has 0 aliphatic carbocycles. The van der Waals surface area contributed by atoms with Crippen molar-refractivity contribution < 1.29 is 117 Å². The summed E-state index contributed by atoms with van der Waals surface area (Å²) in [6.45, 7) is 8.53. The summed E-state index contributed by atoms with van der Waals surface area (Å²) in [4.78, 5) is 75.0. The van der Waals surface area contributed by atoms with Gasteiger partial charge in [-0.3, -0.25) is 28.8 Å². The fourth-order valence-corrected chi connectivity index (χ4v) is 9.10. The highest BCUT2D eigenvalue weighted by atomic mass is 16.7. The maximum absolute atomic E-state index is 12.6. The number of hydrogen-bond acceptors (Lipinski definition) is 25. The van der Waals surface area contributed by atoms with Crippen molar-refractivity contribution in [3.05, 3.63) is 0 Å². The van der Waals surface area contributed by atoms with Crippen molar-refractivity contribution in [3.8, 4) is 0 Å². The molecular weight excluding hydrogens is 1190 g/mol. The Kier molecular flexibility index (Phi) is 44.5. The standard InChI is InChI=1S/C59H111N7O24/c1-39(2)56(88-42(33-68)41(71)32-67)85-26-8-5-14-45(72)61-20-11-23-64-48(75)17-29-82-36-59(4,37-83-30-18-49(76)65-24-12-21-62-46(73)15-6-9-27-86-57-40(3)52(78)53(79)43(34-69)89-57)38-84-31-19-50(77)66-25-13-22-63-47(74)16-7-10-28-87-58-51(60)55(81)54(80)44(35-70)90-58/h39-44,51-58,67-71,78-81H,5-38,60H2,1-4H3,(H,61,72)(H,62,73)(H,63,74)(H,64,75)(H,65,76)(H,66,77)/t40-,41+,42?,43?,44?,51-,52?,53-,54-,55?,56+,57+,58+,59?/m0/s1.